The third-order valence-electron chi connectivity index (χ3n) is 4.13. The van der Waals surface area contributed by atoms with E-state index in [9.17, 15) is 9.90 Å². The molecule has 5 nitrogen and oxygen atoms in total. The summed E-state index contributed by atoms with van der Waals surface area (Å²) in [5.74, 6) is 0.177. The molecule has 0 bridgehead atoms. The minimum absolute atomic E-state index is 0.229. The predicted octanol–water partition coefficient (Wildman–Crippen LogP) is 1.87. The summed E-state index contributed by atoms with van der Waals surface area (Å²) in [7, 11) is 0. The first-order valence-corrected chi connectivity index (χ1v) is 7.09. The molecule has 1 aliphatic heterocycles. The number of carboxylic acids is 1. The van der Waals surface area contributed by atoms with E-state index in [0.29, 0.717) is 18.9 Å². The van der Waals surface area contributed by atoms with Gasteiger partial charge in [-0.15, -0.1) is 0 Å². The Morgan fingerprint density at radius 1 is 1.21 bits per heavy atom. The summed E-state index contributed by atoms with van der Waals surface area (Å²) in [6.45, 7) is 1.47. The zero-order valence-corrected chi connectivity index (χ0v) is 11.0. The summed E-state index contributed by atoms with van der Waals surface area (Å²) >= 11 is 0. The second kappa shape index (κ2) is 5.25. The van der Waals surface area contributed by atoms with Crippen LogP contribution in [-0.2, 0) is 13.0 Å². The molecule has 1 aliphatic carbocycles. The SMILES string of the molecule is O=C(O)c1nc(C2CCCCC2)nc2c1CCNC2. The van der Waals surface area contributed by atoms with Gasteiger partial charge in [0.25, 0.3) is 0 Å². The number of hydrogen-bond acceptors (Lipinski definition) is 4. The molecule has 1 aromatic rings. The highest BCUT2D eigenvalue weighted by atomic mass is 16.4. The lowest BCUT2D eigenvalue weighted by Crippen LogP contribution is -2.29. The Kier molecular flexibility index (Phi) is 3.46. The highest BCUT2D eigenvalue weighted by Gasteiger charge is 2.25. The van der Waals surface area contributed by atoms with Crippen LogP contribution in [0.5, 0.6) is 0 Å². The van der Waals surface area contributed by atoms with E-state index in [0.717, 1.165) is 36.5 Å². The van der Waals surface area contributed by atoms with Crippen LogP contribution in [0.15, 0.2) is 0 Å². The van der Waals surface area contributed by atoms with E-state index in [1.54, 1.807) is 0 Å². The molecular weight excluding hydrogens is 242 g/mol. The van der Waals surface area contributed by atoms with Crippen molar-refractivity contribution in [3.05, 3.63) is 22.8 Å². The average molecular weight is 261 g/mol. The lowest BCUT2D eigenvalue weighted by Gasteiger charge is -2.24. The van der Waals surface area contributed by atoms with Crippen LogP contribution in [0.25, 0.3) is 0 Å². The van der Waals surface area contributed by atoms with Gasteiger partial charge in [-0.1, -0.05) is 19.3 Å². The summed E-state index contributed by atoms with van der Waals surface area (Å²) < 4.78 is 0. The van der Waals surface area contributed by atoms with Crippen molar-refractivity contribution in [3.63, 3.8) is 0 Å². The van der Waals surface area contributed by atoms with Gasteiger partial charge in [0.15, 0.2) is 5.69 Å². The zero-order chi connectivity index (χ0) is 13.2. The van der Waals surface area contributed by atoms with Crippen molar-refractivity contribution in [2.45, 2.75) is 51.0 Å². The van der Waals surface area contributed by atoms with Crippen molar-refractivity contribution in [1.82, 2.24) is 15.3 Å². The molecule has 2 heterocycles. The molecule has 0 radical (unpaired) electrons. The van der Waals surface area contributed by atoms with Crippen molar-refractivity contribution < 1.29 is 9.90 Å². The summed E-state index contributed by atoms with van der Waals surface area (Å²) in [6, 6.07) is 0. The Hall–Kier alpha value is -1.49. The van der Waals surface area contributed by atoms with E-state index in [-0.39, 0.29) is 5.69 Å². The first-order valence-electron chi connectivity index (χ1n) is 7.09. The monoisotopic (exact) mass is 261 g/mol. The molecular formula is C14H19N3O2. The maximum Gasteiger partial charge on any atom is 0.354 e. The van der Waals surface area contributed by atoms with Gasteiger partial charge < -0.3 is 10.4 Å². The number of rotatable bonds is 2. The first-order chi connectivity index (χ1) is 9.25. The predicted molar refractivity (Wildman–Crippen MR) is 70.2 cm³/mol. The van der Waals surface area contributed by atoms with E-state index in [1.165, 1.54) is 19.3 Å². The molecule has 3 rings (SSSR count). The van der Waals surface area contributed by atoms with Gasteiger partial charge in [-0.3, -0.25) is 0 Å². The number of nitrogens with one attached hydrogen (secondary N) is 1. The van der Waals surface area contributed by atoms with Crippen LogP contribution in [0.2, 0.25) is 0 Å². The molecule has 102 valence electrons. The summed E-state index contributed by atoms with van der Waals surface area (Å²) in [6.07, 6.45) is 6.56. The lowest BCUT2D eigenvalue weighted by atomic mass is 9.88. The van der Waals surface area contributed by atoms with Gasteiger partial charge in [-0.25, -0.2) is 14.8 Å². The molecule has 0 unspecified atom stereocenters. The third-order valence-corrected chi connectivity index (χ3v) is 4.13. The number of hydrogen-bond donors (Lipinski definition) is 2. The Morgan fingerprint density at radius 2 is 2.00 bits per heavy atom. The molecule has 19 heavy (non-hydrogen) atoms. The number of aromatic carboxylic acids is 1. The molecule has 0 spiro atoms. The van der Waals surface area contributed by atoms with Crippen molar-refractivity contribution in [2.24, 2.45) is 0 Å². The van der Waals surface area contributed by atoms with Gasteiger partial charge in [0, 0.05) is 18.0 Å². The number of carboxylic acid groups (broad SMARTS) is 1. The molecule has 0 aromatic carbocycles. The van der Waals surface area contributed by atoms with Crippen LogP contribution in [-0.4, -0.2) is 27.6 Å². The minimum atomic E-state index is -0.919. The summed E-state index contributed by atoms with van der Waals surface area (Å²) in [4.78, 5) is 20.4. The van der Waals surface area contributed by atoms with Crippen molar-refractivity contribution in [3.8, 4) is 0 Å². The second-order valence-electron chi connectivity index (χ2n) is 5.42. The van der Waals surface area contributed by atoms with Crippen LogP contribution < -0.4 is 5.32 Å². The van der Waals surface area contributed by atoms with Gasteiger partial charge in [-0.2, -0.15) is 0 Å². The summed E-state index contributed by atoms with van der Waals surface area (Å²) in [5.41, 5.74) is 1.94. The molecule has 1 fully saturated rings. The molecule has 0 amide bonds. The fourth-order valence-electron chi connectivity index (χ4n) is 3.10. The standard InChI is InChI=1S/C14H19N3O2/c18-14(19)12-10-6-7-15-8-11(10)16-13(17-12)9-4-2-1-3-5-9/h9,15H,1-8H2,(H,18,19). The highest BCUT2D eigenvalue weighted by molar-refractivity contribution is 5.87. The van der Waals surface area contributed by atoms with Gasteiger partial charge in [-0.05, 0) is 25.8 Å². The molecule has 2 N–H and O–H groups in total. The highest BCUT2D eigenvalue weighted by Crippen LogP contribution is 2.31. The second-order valence-corrected chi connectivity index (χ2v) is 5.42. The van der Waals surface area contributed by atoms with Gasteiger partial charge in [0.05, 0.1) is 5.69 Å². The molecule has 0 atom stereocenters. The quantitative estimate of drug-likeness (QED) is 0.850. The smallest absolute Gasteiger partial charge is 0.354 e. The van der Waals surface area contributed by atoms with E-state index >= 15 is 0 Å². The molecule has 1 aromatic heterocycles. The fourth-order valence-corrected chi connectivity index (χ4v) is 3.10. The largest absolute Gasteiger partial charge is 0.477 e. The number of aromatic nitrogens is 2. The maximum absolute atomic E-state index is 11.4. The van der Waals surface area contributed by atoms with E-state index < -0.39 is 5.97 Å². The fraction of sp³-hybridized carbons (Fsp3) is 0.643. The van der Waals surface area contributed by atoms with Crippen molar-refractivity contribution >= 4 is 5.97 Å². The zero-order valence-electron chi connectivity index (χ0n) is 11.0. The van der Waals surface area contributed by atoms with E-state index in [1.807, 2.05) is 0 Å². The topological polar surface area (TPSA) is 75.1 Å². The molecule has 2 aliphatic rings. The Labute approximate surface area is 112 Å². The van der Waals surface area contributed by atoms with Crippen LogP contribution in [0, 0.1) is 0 Å². The third kappa shape index (κ3) is 2.47. The number of fused-ring (bicyclic) bond motifs is 1. The Balaban J connectivity index is 2.00. The van der Waals surface area contributed by atoms with Gasteiger partial charge in [0.1, 0.15) is 5.82 Å². The first kappa shape index (κ1) is 12.5. The van der Waals surface area contributed by atoms with E-state index in [2.05, 4.69) is 15.3 Å². The average Bonchev–Trinajstić information content (AvgIpc) is 2.47. The van der Waals surface area contributed by atoms with Crippen LogP contribution in [0.1, 0.15) is 65.6 Å². The Bertz CT molecular complexity index is 496. The van der Waals surface area contributed by atoms with Gasteiger partial charge >= 0.3 is 5.97 Å². The minimum Gasteiger partial charge on any atom is -0.477 e. The van der Waals surface area contributed by atoms with E-state index in [4.69, 9.17) is 0 Å². The normalized spacial score (nSPS) is 20.0. The number of nitrogens with zero attached hydrogens (tertiary/aromatic N) is 2. The van der Waals surface area contributed by atoms with Gasteiger partial charge in [0.2, 0.25) is 0 Å². The maximum atomic E-state index is 11.4. The molecule has 5 heteroatoms. The van der Waals surface area contributed by atoms with Crippen LogP contribution in [0.4, 0.5) is 0 Å². The lowest BCUT2D eigenvalue weighted by molar-refractivity contribution is 0.0687. The molecule has 0 saturated heterocycles. The summed E-state index contributed by atoms with van der Waals surface area (Å²) in [5, 5.41) is 12.6. The van der Waals surface area contributed by atoms with Crippen molar-refractivity contribution in [2.75, 3.05) is 6.54 Å². The van der Waals surface area contributed by atoms with Crippen LogP contribution in [0.3, 0.4) is 0 Å². The molecule has 1 saturated carbocycles. The van der Waals surface area contributed by atoms with Crippen LogP contribution >= 0.6 is 0 Å². The van der Waals surface area contributed by atoms with Crippen molar-refractivity contribution in [1.29, 1.82) is 0 Å². The number of carbonyl (C=O) groups is 1. The Morgan fingerprint density at radius 3 is 2.74 bits per heavy atom.